The number of hydrogen-bond donors (Lipinski definition) is 1. The third-order valence-electron chi connectivity index (χ3n) is 3.29. The smallest absolute Gasteiger partial charge is 0.119 e. The summed E-state index contributed by atoms with van der Waals surface area (Å²) in [6, 6.07) is 10.8. The molecule has 0 heterocycles. The number of nitrogens with one attached hydrogen (secondary N) is 1. The first kappa shape index (κ1) is 12.4. The number of rotatable bonds is 8. The monoisotopic (exact) mass is 233 g/mol. The highest BCUT2D eigenvalue weighted by molar-refractivity contribution is 5.20. The first-order chi connectivity index (χ1) is 8.40. The van der Waals surface area contributed by atoms with Gasteiger partial charge in [0.15, 0.2) is 0 Å². The molecule has 1 aromatic carbocycles. The molecule has 1 aromatic rings. The predicted octanol–water partition coefficient (Wildman–Crippen LogP) is 3.23. The Labute approximate surface area is 104 Å². The Morgan fingerprint density at radius 3 is 2.71 bits per heavy atom. The maximum absolute atomic E-state index is 5.75. The Kier molecular flexibility index (Phi) is 4.87. The first-order valence-corrected chi connectivity index (χ1v) is 6.81. The molecule has 94 valence electrons. The second-order valence-corrected chi connectivity index (χ2v) is 4.85. The van der Waals surface area contributed by atoms with Crippen molar-refractivity contribution in [1.29, 1.82) is 0 Å². The molecule has 1 unspecified atom stereocenters. The summed E-state index contributed by atoms with van der Waals surface area (Å²) < 4.78 is 5.75. The van der Waals surface area contributed by atoms with E-state index in [-0.39, 0.29) is 0 Å². The van der Waals surface area contributed by atoms with Gasteiger partial charge in [0.2, 0.25) is 0 Å². The fourth-order valence-corrected chi connectivity index (χ4v) is 2.15. The Balaban J connectivity index is 1.68. The molecule has 1 saturated carbocycles. The molecule has 2 nitrogen and oxygen atoms in total. The maximum atomic E-state index is 5.75. The molecule has 0 aliphatic heterocycles. The van der Waals surface area contributed by atoms with E-state index in [0.29, 0.717) is 6.04 Å². The van der Waals surface area contributed by atoms with Crippen LogP contribution in [0, 0.1) is 5.92 Å². The molecule has 2 rings (SSSR count). The van der Waals surface area contributed by atoms with Crippen molar-refractivity contribution in [2.75, 3.05) is 13.2 Å². The van der Waals surface area contributed by atoms with Crippen LogP contribution in [0.4, 0.5) is 0 Å². The summed E-state index contributed by atoms with van der Waals surface area (Å²) in [5.41, 5.74) is 0. The summed E-state index contributed by atoms with van der Waals surface area (Å²) in [4.78, 5) is 0. The van der Waals surface area contributed by atoms with Crippen LogP contribution in [0.5, 0.6) is 5.75 Å². The van der Waals surface area contributed by atoms with Gasteiger partial charge in [0, 0.05) is 6.04 Å². The van der Waals surface area contributed by atoms with Gasteiger partial charge in [0.05, 0.1) is 6.61 Å². The van der Waals surface area contributed by atoms with Crippen LogP contribution in [0.3, 0.4) is 0 Å². The van der Waals surface area contributed by atoms with E-state index in [2.05, 4.69) is 12.2 Å². The highest BCUT2D eigenvalue weighted by Crippen LogP contribution is 2.34. The molecule has 17 heavy (non-hydrogen) atoms. The summed E-state index contributed by atoms with van der Waals surface area (Å²) in [5.74, 6) is 1.89. The van der Waals surface area contributed by atoms with E-state index in [4.69, 9.17) is 4.74 Å². The van der Waals surface area contributed by atoms with Gasteiger partial charge >= 0.3 is 0 Å². The second kappa shape index (κ2) is 6.65. The average Bonchev–Trinajstić information content (AvgIpc) is 3.19. The number of ether oxygens (including phenoxy) is 1. The van der Waals surface area contributed by atoms with Crippen molar-refractivity contribution >= 4 is 0 Å². The van der Waals surface area contributed by atoms with Crippen molar-refractivity contribution in [3.8, 4) is 5.75 Å². The molecule has 0 bridgehead atoms. The van der Waals surface area contributed by atoms with Gasteiger partial charge in [-0.05, 0) is 50.3 Å². The van der Waals surface area contributed by atoms with Crippen LogP contribution in [0.25, 0.3) is 0 Å². The van der Waals surface area contributed by atoms with E-state index in [1.807, 2.05) is 30.3 Å². The van der Waals surface area contributed by atoms with Crippen molar-refractivity contribution in [3.05, 3.63) is 30.3 Å². The molecular formula is C15H23NO. The minimum Gasteiger partial charge on any atom is -0.494 e. The summed E-state index contributed by atoms with van der Waals surface area (Å²) in [5, 5.41) is 3.64. The van der Waals surface area contributed by atoms with Crippen LogP contribution in [-0.2, 0) is 0 Å². The summed E-state index contributed by atoms with van der Waals surface area (Å²) >= 11 is 0. The standard InChI is InChI=1S/C15H23NO/c1-2-11-16-15(13-8-9-13)10-12-17-14-6-4-3-5-7-14/h3-7,13,15-16H,2,8-12H2,1H3. The normalized spacial score (nSPS) is 16.8. The van der Waals surface area contributed by atoms with Crippen molar-refractivity contribution in [1.82, 2.24) is 5.32 Å². The van der Waals surface area contributed by atoms with Gasteiger partial charge in [-0.25, -0.2) is 0 Å². The highest BCUT2D eigenvalue weighted by Gasteiger charge is 2.30. The zero-order valence-electron chi connectivity index (χ0n) is 10.7. The summed E-state index contributed by atoms with van der Waals surface area (Å²) in [7, 11) is 0. The van der Waals surface area contributed by atoms with Gasteiger partial charge in [0.1, 0.15) is 5.75 Å². The topological polar surface area (TPSA) is 21.3 Å². The van der Waals surface area contributed by atoms with Crippen molar-refractivity contribution < 1.29 is 4.74 Å². The number of benzene rings is 1. The number of hydrogen-bond acceptors (Lipinski definition) is 2. The Hall–Kier alpha value is -1.02. The lowest BCUT2D eigenvalue weighted by molar-refractivity contribution is 0.276. The van der Waals surface area contributed by atoms with Gasteiger partial charge < -0.3 is 10.1 Å². The van der Waals surface area contributed by atoms with Crippen molar-refractivity contribution in [3.63, 3.8) is 0 Å². The Morgan fingerprint density at radius 2 is 2.06 bits per heavy atom. The van der Waals surface area contributed by atoms with Crippen LogP contribution >= 0.6 is 0 Å². The largest absolute Gasteiger partial charge is 0.494 e. The minimum absolute atomic E-state index is 0.665. The molecule has 0 spiro atoms. The molecule has 1 fully saturated rings. The molecular weight excluding hydrogens is 210 g/mol. The molecule has 0 radical (unpaired) electrons. The Morgan fingerprint density at radius 1 is 1.29 bits per heavy atom. The van der Waals surface area contributed by atoms with Gasteiger partial charge in [-0.3, -0.25) is 0 Å². The molecule has 0 saturated heterocycles. The quantitative estimate of drug-likeness (QED) is 0.744. The SMILES string of the molecule is CCCNC(CCOc1ccccc1)C1CC1. The van der Waals surface area contributed by atoms with E-state index in [1.54, 1.807) is 0 Å². The lowest BCUT2D eigenvalue weighted by Crippen LogP contribution is -2.33. The molecule has 1 N–H and O–H groups in total. The van der Waals surface area contributed by atoms with Gasteiger partial charge in [-0.2, -0.15) is 0 Å². The fourth-order valence-electron chi connectivity index (χ4n) is 2.15. The van der Waals surface area contributed by atoms with Crippen LogP contribution in [0.15, 0.2) is 30.3 Å². The van der Waals surface area contributed by atoms with Crippen LogP contribution in [-0.4, -0.2) is 19.2 Å². The second-order valence-electron chi connectivity index (χ2n) is 4.85. The van der Waals surface area contributed by atoms with E-state index in [0.717, 1.165) is 31.2 Å². The Bertz CT molecular complexity index is 308. The third-order valence-corrected chi connectivity index (χ3v) is 3.29. The third kappa shape index (κ3) is 4.39. The molecule has 1 aliphatic carbocycles. The number of para-hydroxylation sites is 1. The molecule has 1 aliphatic rings. The van der Waals surface area contributed by atoms with E-state index in [1.165, 1.54) is 19.3 Å². The van der Waals surface area contributed by atoms with E-state index >= 15 is 0 Å². The zero-order valence-corrected chi connectivity index (χ0v) is 10.7. The van der Waals surface area contributed by atoms with Crippen LogP contribution < -0.4 is 10.1 Å². The molecule has 1 atom stereocenters. The van der Waals surface area contributed by atoms with Crippen LogP contribution in [0.1, 0.15) is 32.6 Å². The van der Waals surface area contributed by atoms with E-state index < -0.39 is 0 Å². The zero-order chi connectivity index (χ0) is 11.9. The summed E-state index contributed by atoms with van der Waals surface area (Å²) in [6.45, 7) is 4.17. The van der Waals surface area contributed by atoms with Crippen molar-refractivity contribution in [2.24, 2.45) is 5.92 Å². The van der Waals surface area contributed by atoms with Crippen molar-refractivity contribution in [2.45, 2.75) is 38.6 Å². The average molecular weight is 233 g/mol. The lowest BCUT2D eigenvalue weighted by atomic mass is 10.1. The highest BCUT2D eigenvalue weighted by atomic mass is 16.5. The maximum Gasteiger partial charge on any atom is 0.119 e. The van der Waals surface area contributed by atoms with Gasteiger partial charge in [-0.1, -0.05) is 25.1 Å². The molecule has 0 amide bonds. The fraction of sp³-hybridized carbons (Fsp3) is 0.600. The predicted molar refractivity (Wildman–Crippen MR) is 71.4 cm³/mol. The summed E-state index contributed by atoms with van der Waals surface area (Å²) in [6.07, 6.45) is 5.13. The van der Waals surface area contributed by atoms with Gasteiger partial charge in [0.25, 0.3) is 0 Å². The lowest BCUT2D eigenvalue weighted by Gasteiger charge is -2.18. The molecule has 0 aromatic heterocycles. The first-order valence-electron chi connectivity index (χ1n) is 6.81. The molecule has 2 heteroatoms. The van der Waals surface area contributed by atoms with Crippen LogP contribution in [0.2, 0.25) is 0 Å². The van der Waals surface area contributed by atoms with Gasteiger partial charge in [-0.15, -0.1) is 0 Å². The van der Waals surface area contributed by atoms with E-state index in [9.17, 15) is 0 Å². The minimum atomic E-state index is 0.665.